The van der Waals surface area contributed by atoms with Crippen LogP contribution in [0.4, 0.5) is 0 Å². The van der Waals surface area contributed by atoms with Gasteiger partial charge in [-0.2, -0.15) is 0 Å². The Bertz CT molecular complexity index is 1140. The quantitative estimate of drug-likeness (QED) is 0.401. The normalized spacial score (nSPS) is 26.5. The Morgan fingerprint density at radius 2 is 1.82 bits per heavy atom. The highest BCUT2D eigenvalue weighted by molar-refractivity contribution is 6.22. The number of hydrogen-bond donors (Lipinski definition) is 5. The van der Waals surface area contributed by atoms with Crippen LogP contribution in [0.2, 0.25) is 0 Å². The van der Waals surface area contributed by atoms with Crippen LogP contribution in [0.1, 0.15) is 62.6 Å². The highest BCUT2D eigenvalue weighted by Crippen LogP contribution is 2.52. The van der Waals surface area contributed by atoms with Crippen LogP contribution in [0.5, 0.6) is 5.75 Å². The number of phenols is 1. The topological polar surface area (TPSA) is 158 Å². The van der Waals surface area contributed by atoms with Crippen molar-refractivity contribution in [2.75, 3.05) is 0 Å². The SMILES string of the molecule is CCC(CC)CCc1ccc(O)c2c1CC1CC3CC(=O)C(C(N)=O)=C(O)C3(O)C(=O)C1=C2O. The van der Waals surface area contributed by atoms with Gasteiger partial charge in [-0.05, 0) is 54.7 Å². The summed E-state index contributed by atoms with van der Waals surface area (Å²) < 4.78 is 0. The van der Waals surface area contributed by atoms with E-state index in [2.05, 4.69) is 13.8 Å². The van der Waals surface area contributed by atoms with Crippen LogP contribution in [0.15, 0.2) is 29.0 Å². The zero-order valence-corrected chi connectivity index (χ0v) is 19.4. The van der Waals surface area contributed by atoms with Crippen LogP contribution in [0.3, 0.4) is 0 Å². The molecule has 0 radical (unpaired) electrons. The van der Waals surface area contributed by atoms with Gasteiger partial charge in [-0.3, -0.25) is 14.4 Å². The molecule has 1 saturated carbocycles. The number of rotatable bonds is 6. The molecule has 1 aromatic rings. The van der Waals surface area contributed by atoms with E-state index in [0.29, 0.717) is 12.3 Å². The maximum Gasteiger partial charge on any atom is 0.255 e. The van der Waals surface area contributed by atoms with Gasteiger partial charge >= 0.3 is 0 Å². The van der Waals surface area contributed by atoms with Crippen molar-refractivity contribution in [3.8, 4) is 5.75 Å². The molecule has 3 atom stereocenters. The number of carbonyl (C=O) groups excluding carboxylic acids is 3. The lowest BCUT2D eigenvalue weighted by Crippen LogP contribution is -2.58. The number of benzene rings is 1. The fraction of sp³-hybridized carbons (Fsp3) is 0.500. The second-order valence-electron chi connectivity index (χ2n) is 9.73. The number of nitrogens with two attached hydrogens (primary N) is 1. The van der Waals surface area contributed by atoms with E-state index in [4.69, 9.17) is 5.73 Å². The predicted molar refractivity (Wildman–Crippen MR) is 124 cm³/mol. The number of amides is 1. The van der Waals surface area contributed by atoms with Crippen LogP contribution in [-0.2, 0) is 27.2 Å². The summed E-state index contributed by atoms with van der Waals surface area (Å²) in [5, 5.41) is 43.6. The highest BCUT2D eigenvalue weighted by Gasteiger charge is 2.60. The van der Waals surface area contributed by atoms with Crippen molar-refractivity contribution in [1.29, 1.82) is 0 Å². The molecule has 182 valence electrons. The molecule has 8 nitrogen and oxygen atoms in total. The molecule has 4 rings (SSSR count). The van der Waals surface area contributed by atoms with E-state index < -0.39 is 52.0 Å². The first-order valence-electron chi connectivity index (χ1n) is 11.9. The molecule has 0 bridgehead atoms. The van der Waals surface area contributed by atoms with Crippen molar-refractivity contribution in [2.24, 2.45) is 23.5 Å². The molecule has 1 fully saturated rings. The van der Waals surface area contributed by atoms with Gasteiger partial charge in [0.15, 0.2) is 11.4 Å². The first-order valence-corrected chi connectivity index (χ1v) is 11.9. The highest BCUT2D eigenvalue weighted by atomic mass is 16.3. The molecule has 1 aromatic carbocycles. The number of phenolic OH excluding ortho intramolecular Hbond substituents is 1. The average molecular weight is 470 g/mol. The molecule has 0 heterocycles. The molecule has 6 N–H and O–H groups in total. The lowest BCUT2D eigenvalue weighted by atomic mass is 9.59. The van der Waals surface area contributed by atoms with Gasteiger partial charge in [-0.1, -0.05) is 32.8 Å². The Hall–Kier alpha value is -3.13. The Labute approximate surface area is 197 Å². The van der Waals surface area contributed by atoms with E-state index >= 15 is 0 Å². The molecule has 3 unspecified atom stereocenters. The second-order valence-corrected chi connectivity index (χ2v) is 9.73. The summed E-state index contributed by atoms with van der Waals surface area (Å²) in [5.74, 6) is -5.49. The number of primary amides is 1. The fourth-order valence-corrected chi connectivity index (χ4v) is 5.98. The average Bonchev–Trinajstić information content (AvgIpc) is 2.78. The first kappa shape index (κ1) is 24.0. The standard InChI is InChI=1S/C26H31NO7/c1-3-12(4-2)5-6-13-7-8-17(28)20-16(13)10-14-9-15-11-18(29)21(25(27)33)24(32)26(15,34)23(31)19(14)22(20)30/h7-8,12,14-15,28,30,32,34H,3-6,9-11H2,1-2H3,(H2,27,33). The molecule has 8 heteroatoms. The lowest BCUT2D eigenvalue weighted by molar-refractivity contribution is -0.147. The summed E-state index contributed by atoms with van der Waals surface area (Å²) in [5.41, 5.74) is 3.69. The smallest absolute Gasteiger partial charge is 0.255 e. The third-order valence-electron chi connectivity index (χ3n) is 8.02. The van der Waals surface area contributed by atoms with Crippen molar-refractivity contribution in [3.63, 3.8) is 0 Å². The van der Waals surface area contributed by atoms with E-state index in [1.54, 1.807) is 0 Å². The molecular formula is C26H31NO7. The van der Waals surface area contributed by atoms with Gasteiger partial charge in [0.05, 0.1) is 5.56 Å². The molecule has 0 spiro atoms. The maximum atomic E-state index is 13.5. The van der Waals surface area contributed by atoms with Crippen LogP contribution in [-0.4, -0.2) is 43.5 Å². The van der Waals surface area contributed by atoms with Gasteiger partial charge in [-0.25, -0.2) is 0 Å². The first-order chi connectivity index (χ1) is 16.1. The number of aryl methyl sites for hydroxylation is 1. The maximum absolute atomic E-state index is 13.5. The zero-order valence-electron chi connectivity index (χ0n) is 19.4. The summed E-state index contributed by atoms with van der Waals surface area (Å²) in [6, 6.07) is 3.33. The van der Waals surface area contributed by atoms with Crippen molar-refractivity contribution in [3.05, 3.63) is 45.7 Å². The minimum absolute atomic E-state index is 0.108. The predicted octanol–water partition coefficient (Wildman–Crippen LogP) is 2.79. The van der Waals surface area contributed by atoms with Crippen molar-refractivity contribution < 1.29 is 34.8 Å². The van der Waals surface area contributed by atoms with E-state index in [-0.39, 0.29) is 29.7 Å². The Morgan fingerprint density at radius 3 is 2.44 bits per heavy atom. The number of carbonyl (C=O) groups is 3. The Kier molecular flexibility index (Phi) is 6.06. The molecule has 0 aliphatic heterocycles. The minimum Gasteiger partial charge on any atom is -0.508 e. The van der Waals surface area contributed by atoms with Crippen LogP contribution in [0, 0.1) is 17.8 Å². The summed E-state index contributed by atoms with van der Waals surface area (Å²) in [4.78, 5) is 37.7. The Balaban J connectivity index is 1.81. The number of ketones is 2. The minimum atomic E-state index is -2.53. The molecule has 3 aliphatic carbocycles. The monoisotopic (exact) mass is 469 g/mol. The van der Waals surface area contributed by atoms with Crippen molar-refractivity contribution >= 4 is 23.2 Å². The largest absolute Gasteiger partial charge is 0.508 e. The summed E-state index contributed by atoms with van der Waals surface area (Å²) >= 11 is 0. The number of hydrogen-bond acceptors (Lipinski definition) is 7. The van der Waals surface area contributed by atoms with Crippen molar-refractivity contribution in [2.45, 2.75) is 64.4 Å². The number of Topliss-reactive ketones (excluding diaryl/α,β-unsaturated/α-hetero) is 2. The summed E-state index contributed by atoms with van der Waals surface area (Å²) in [6.45, 7) is 4.30. The van der Waals surface area contributed by atoms with E-state index in [1.165, 1.54) is 6.07 Å². The summed E-state index contributed by atoms with van der Waals surface area (Å²) in [6.07, 6.45) is 4.00. The van der Waals surface area contributed by atoms with Crippen LogP contribution >= 0.6 is 0 Å². The van der Waals surface area contributed by atoms with Crippen LogP contribution < -0.4 is 5.73 Å². The van der Waals surface area contributed by atoms with Gasteiger partial charge in [0.1, 0.15) is 22.8 Å². The fourth-order valence-electron chi connectivity index (χ4n) is 5.98. The van der Waals surface area contributed by atoms with Gasteiger partial charge in [0, 0.05) is 17.9 Å². The van der Waals surface area contributed by atoms with Crippen LogP contribution in [0.25, 0.3) is 5.76 Å². The second kappa shape index (κ2) is 8.58. The van der Waals surface area contributed by atoms with E-state index in [1.807, 2.05) is 6.07 Å². The number of aromatic hydroxyl groups is 1. The van der Waals surface area contributed by atoms with Gasteiger partial charge in [0.2, 0.25) is 5.78 Å². The number of aliphatic hydroxyl groups excluding tert-OH is 2. The van der Waals surface area contributed by atoms with Gasteiger partial charge in [-0.15, -0.1) is 0 Å². The molecule has 3 aliphatic rings. The Morgan fingerprint density at radius 1 is 1.15 bits per heavy atom. The van der Waals surface area contributed by atoms with E-state index in [0.717, 1.165) is 36.8 Å². The molecular weight excluding hydrogens is 438 g/mol. The molecule has 0 saturated heterocycles. The number of fused-ring (bicyclic) bond motifs is 3. The van der Waals surface area contributed by atoms with Gasteiger partial charge in [0.25, 0.3) is 5.91 Å². The molecule has 1 amide bonds. The summed E-state index contributed by atoms with van der Waals surface area (Å²) in [7, 11) is 0. The van der Waals surface area contributed by atoms with Gasteiger partial charge < -0.3 is 26.2 Å². The molecule has 34 heavy (non-hydrogen) atoms. The zero-order chi connectivity index (χ0) is 24.9. The number of aliphatic hydroxyl groups is 3. The molecule has 0 aromatic heterocycles. The van der Waals surface area contributed by atoms with Crippen molar-refractivity contribution in [1.82, 2.24) is 0 Å². The third kappa shape index (κ3) is 3.43. The third-order valence-corrected chi connectivity index (χ3v) is 8.02. The van der Waals surface area contributed by atoms with E-state index in [9.17, 15) is 34.8 Å². The lowest BCUT2D eigenvalue weighted by Gasteiger charge is -2.46.